The van der Waals surface area contributed by atoms with Crippen LogP contribution in [-0.4, -0.2) is 5.54 Å². The molecule has 0 radical (unpaired) electrons. The van der Waals surface area contributed by atoms with Crippen LogP contribution in [0.2, 0.25) is 0 Å². The molecule has 0 amide bonds. The van der Waals surface area contributed by atoms with E-state index in [4.69, 9.17) is 5.73 Å². The Bertz CT molecular complexity index is 417. The van der Waals surface area contributed by atoms with Gasteiger partial charge in [-0.3, -0.25) is 0 Å². The molecule has 1 unspecified atom stereocenters. The van der Waals surface area contributed by atoms with Gasteiger partial charge in [-0.1, -0.05) is 44.0 Å². The zero-order chi connectivity index (χ0) is 12.6. The van der Waals surface area contributed by atoms with Gasteiger partial charge in [-0.05, 0) is 55.1 Å². The van der Waals surface area contributed by atoms with Crippen molar-refractivity contribution in [2.24, 2.45) is 17.6 Å². The Kier molecular flexibility index (Phi) is 3.19. The van der Waals surface area contributed by atoms with Crippen molar-refractivity contribution in [3.05, 3.63) is 35.4 Å². The number of fused-ring (bicyclic) bond motifs is 1. The van der Waals surface area contributed by atoms with Crippen molar-refractivity contribution >= 4 is 0 Å². The zero-order valence-electron chi connectivity index (χ0n) is 11.5. The first kappa shape index (κ1) is 12.2. The highest BCUT2D eigenvalue weighted by molar-refractivity contribution is 5.32. The Balaban J connectivity index is 1.77. The van der Waals surface area contributed by atoms with Gasteiger partial charge in [0.1, 0.15) is 0 Å². The summed E-state index contributed by atoms with van der Waals surface area (Å²) >= 11 is 0. The third kappa shape index (κ3) is 2.21. The van der Waals surface area contributed by atoms with E-state index < -0.39 is 0 Å². The minimum absolute atomic E-state index is 0.0779. The summed E-state index contributed by atoms with van der Waals surface area (Å²) in [5, 5.41) is 0. The Morgan fingerprint density at radius 2 is 1.72 bits per heavy atom. The Hall–Kier alpha value is -0.820. The second-order valence-corrected chi connectivity index (χ2v) is 6.64. The van der Waals surface area contributed by atoms with Gasteiger partial charge in [0, 0.05) is 5.54 Å². The van der Waals surface area contributed by atoms with Crippen molar-refractivity contribution in [2.75, 3.05) is 0 Å². The fraction of sp³-hybridized carbons (Fsp3) is 0.647. The van der Waals surface area contributed by atoms with Crippen LogP contribution in [0.5, 0.6) is 0 Å². The fourth-order valence-corrected chi connectivity index (χ4v) is 3.97. The Morgan fingerprint density at radius 3 is 2.44 bits per heavy atom. The van der Waals surface area contributed by atoms with E-state index in [2.05, 4.69) is 31.2 Å². The molecule has 1 aromatic rings. The lowest BCUT2D eigenvalue weighted by Crippen LogP contribution is -2.52. The highest BCUT2D eigenvalue weighted by Crippen LogP contribution is 2.40. The molecule has 2 aliphatic rings. The van der Waals surface area contributed by atoms with E-state index in [1.165, 1.54) is 49.7 Å². The molecule has 2 N–H and O–H groups in total. The largest absolute Gasteiger partial charge is 0.325 e. The standard InChI is InChI=1S/C17H25N/c1-13-6-8-16(9-7-13)17(18)11-10-14-4-2-3-5-15(14)12-17/h2-5,13,16H,6-12,18H2,1H3. The van der Waals surface area contributed by atoms with Gasteiger partial charge in [0.25, 0.3) is 0 Å². The van der Waals surface area contributed by atoms with Gasteiger partial charge in [-0.25, -0.2) is 0 Å². The third-order valence-corrected chi connectivity index (χ3v) is 5.33. The van der Waals surface area contributed by atoms with Gasteiger partial charge < -0.3 is 5.73 Å². The lowest BCUT2D eigenvalue weighted by Gasteiger charge is -2.44. The van der Waals surface area contributed by atoms with Gasteiger partial charge in [0.2, 0.25) is 0 Å². The molecule has 3 rings (SSSR count). The first-order valence-electron chi connectivity index (χ1n) is 7.53. The van der Waals surface area contributed by atoms with Crippen molar-refractivity contribution in [3.63, 3.8) is 0 Å². The maximum absolute atomic E-state index is 6.79. The molecule has 0 spiro atoms. The molecule has 1 heteroatoms. The number of rotatable bonds is 1. The number of benzene rings is 1. The highest BCUT2D eigenvalue weighted by atomic mass is 14.8. The van der Waals surface area contributed by atoms with Crippen LogP contribution >= 0.6 is 0 Å². The molecular formula is C17H25N. The highest BCUT2D eigenvalue weighted by Gasteiger charge is 2.38. The normalized spacial score (nSPS) is 36.1. The molecule has 18 heavy (non-hydrogen) atoms. The molecule has 0 heterocycles. The average molecular weight is 243 g/mol. The average Bonchev–Trinajstić information content (AvgIpc) is 2.39. The summed E-state index contributed by atoms with van der Waals surface area (Å²) in [7, 11) is 0. The van der Waals surface area contributed by atoms with Crippen LogP contribution in [0.1, 0.15) is 50.2 Å². The predicted molar refractivity (Wildman–Crippen MR) is 76.5 cm³/mol. The molecule has 2 aliphatic carbocycles. The maximum Gasteiger partial charge on any atom is 0.0226 e. The van der Waals surface area contributed by atoms with Crippen LogP contribution in [0.15, 0.2) is 24.3 Å². The summed E-state index contributed by atoms with van der Waals surface area (Å²) in [6.07, 6.45) is 8.92. The molecule has 0 saturated heterocycles. The first-order chi connectivity index (χ1) is 8.67. The topological polar surface area (TPSA) is 26.0 Å². The van der Waals surface area contributed by atoms with E-state index in [0.717, 1.165) is 18.3 Å². The van der Waals surface area contributed by atoms with E-state index in [1.807, 2.05) is 0 Å². The Labute approximate surface area is 111 Å². The zero-order valence-corrected chi connectivity index (χ0v) is 11.5. The quantitative estimate of drug-likeness (QED) is 0.799. The summed E-state index contributed by atoms with van der Waals surface area (Å²) in [6.45, 7) is 2.38. The van der Waals surface area contributed by atoms with Crippen molar-refractivity contribution in [2.45, 2.75) is 57.4 Å². The minimum atomic E-state index is 0.0779. The SMILES string of the molecule is CC1CCC(C2(N)CCc3ccccc3C2)CC1. The summed E-state index contributed by atoms with van der Waals surface area (Å²) in [5.41, 5.74) is 9.91. The molecule has 0 aliphatic heterocycles. The van der Waals surface area contributed by atoms with Crippen LogP contribution < -0.4 is 5.73 Å². The first-order valence-corrected chi connectivity index (χ1v) is 7.53. The van der Waals surface area contributed by atoms with E-state index in [9.17, 15) is 0 Å². The molecule has 98 valence electrons. The molecule has 1 saturated carbocycles. The number of aryl methyl sites for hydroxylation is 1. The van der Waals surface area contributed by atoms with Gasteiger partial charge in [-0.2, -0.15) is 0 Å². The van der Waals surface area contributed by atoms with Gasteiger partial charge in [-0.15, -0.1) is 0 Å². The van der Waals surface area contributed by atoms with E-state index in [0.29, 0.717) is 0 Å². The molecule has 0 bridgehead atoms. The fourth-order valence-electron chi connectivity index (χ4n) is 3.97. The van der Waals surface area contributed by atoms with E-state index >= 15 is 0 Å². The Morgan fingerprint density at radius 1 is 1.06 bits per heavy atom. The molecule has 1 aromatic carbocycles. The summed E-state index contributed by atoms with van der Waals surface area (Å²) in [4.78, 5) is 0. The van der Waals surface area contributed by atoms with Gasteiger partial charge in [0.05, 0.1) is 0 Å². The third-order valence-electron chi connectivity index (χ3n) is 5.33. The van der Waals surface area contributed by atoms with Crippen LogP contribution in [0.25, 0.3) is 0 Å². The van der Waals surface area contributed by atoms with Crippen LogP contribution in [0.3, 0.4) is 0 Å². The summed E-state index contributed by atoms with van der Waals surface area (Å²) in [6, 6.07) is 8.87. The second-order valence-electron chi connectivity index (χ2n) is 6.64. The van der Waals surface area contributed by atoms with Crippen LogP contribution in [0, 0.1) is 11.8 Å². The smallest absolute Gasteiger partial charge is 0.0226 e. The van der Waals surface area contributed by atoms with Crippen molar-refractivity contribution in [1.82, 2.24) is 0 Å². The van der Waals surface area contributed by atoms with Crippen LogP contribution in [-0.2, 0) is 12.8 Å². The minimum Gasteiger partial charge on any atom is -0.325 e. The van der Waals surface area contributed by atoms with E-state index in [1.54, 1.807) is 0 Å². The summed E-state index contributed by atoms with van der Waals surface area (Å²) < 4.78 is 0. The second kappa shape index (κ2) is 4.70. The molecule has 1 atom stereocenters. The lowest BCUT2D eigenvalue weighted by molar-refractivity contribution is 0.162. The molecule has 1 fully saturated rings. The molecular weight excluding hydrogens is 218 g/mol. The van der Waals surface area contributed by atoms with E-state index in [-0.39, 0.29) is 5.54 Å². The summed E-state index contributed by atoms with van der Waals surface area (Å²) in [5.74, 6) is 1.67. The lowest BCUT2D eigenvalue weighted by atomic mass is 9.65. The van der Waals surface area contributed by atoms with Gasteiger partial charge >= 0.3 is 0 Å². The number of hydrogen-bond acceptors (Lipinski definition) is 1. The molecule has 0 aromatic heterocycles. The van der Waals surface area contributed by atoms with Gasteiger partial charge in [0.15, 0.2) is 0 Å². The predicted octanol–water partition coefficient (Wildman–Crippen LogP) is 3.70. The number of hydrogen-bond donors (Lipinski definition) is 1. The van der Waals surface area contributed by atoms with Crippen molar-refractivity contribution in [3.8, 4) is 0 Å². The maximum atomic E-state index is 6.79. The molecule has 1 nitrogen and oxygen atoms in total. The van der Waals surface area contributed by atoms with Crippen molar-refractivity contribution in [1.29, 1.82) is 0 Å². The van der Waals surface area contributed by atoms with Crippen LogP contribution in [0.4, 0.5) is 0 Å². The monoisotopic (exact) mass is 243 g/mol. The number of nitrogens with two attached hydrogens (primary N) is 1. The van der Waals surface area contributed by atoms with Crippen molar-refractivity contribution < 1.29 is 0 Å².